The summed E-state index contributed by atoms with van der Waals surface area (Å²) in [5.74, 6) is 1.39. The maximum Gasteiger partial charge on any atom is 0.124 e. The first-order valence-electron chi connectivity index (χ1n) is 6.67. The molecule has 1 heterocycles. The zero-order chi connectivity index (χ0) is 13.7. The van der Waals surface area contributed by atoms with Gasteiger partial charge in [-0.2, -0.15) is 0 Å². The maximum absolute atomic E-state index is 10.4. The Hall–Kier alpha value is -1.18. The van der Waals surface area contributed by atoms with Gasteiger partial charge in [0, 0.05) is 11.1 Å². The topological polar surface area (TPSA) is 29.5 Å². The number of rotatable bonds is 0. The molecule has 0 amide bonds. The Balaban J connectivity index is 2.65. The van der Waals surface area contributed by atoms with Crippen LogP contribution in [0.25, 0.3) is 0 Å². The van der Waals surface area contributed by atoms with Crippen LogP contribution in [0.5, 0.6) is 11.5 Å². The van der Waals surface area contributed by atoms with E-state index >= 15 is 0 Å². The minimum atomic E-state index is -0.106. The summed E-state index contributed by atoms with van der Waals surface area (Å²) in [6.45, 7) is 12.6. The molecule has 0 unspecified atom stereocenters. The average molecular weight is 248 g/mol. The Morgan fingerprint density at radius 1 is 1.28 bits per heavy atom. The SMILES string of the molecule is Cc1cc2c(c(C(C)(C)C)c1O)CCC(C)(C)O2. The number of aromatic hydroxyl groups is 1. The number of ether oxygens (including phenoxy) is 1. The molecule has 1 aromatic carbocycles. The van der Waals surface area contributed by atoms with E-state index in [0.717, 1.165) is 29.7 Å². The zero-order valence-corrected chi connectivity index (χ0v) is 12.3. The highest BCUT2D eigenvalue weighted by molar-refractivity contribution is 5.56. The molecule has 0 aromatic heterocycles. The van der Waals surface area contributed by atoms with Gasteiger partial charge in [0.2, 0.25) is 0 Å². The summed E-state index contributed by atoms with van der Waals surface area (Å²) >= 11 is 0. The van der Waals surface area contributed by atoms with Gasteiger partial charge in [-0.05, 0) is 50.7 Å². The normalized spacial score (nSPS) is 18.1. The fraction of sp³-hybridized carbons (Fsp3) is 0.625. The van der Waals surface area contributed by atoms with Crippen LogP contribution in [0.1, 0.15) is 57.7 Å². The first-order valence-corrected chi connectivity index (χ1v) is 6.67. The molecule has 1 N–H and O–H groups in total. The molecule has 1 aliphatic heterocycles. The Bertz CT molecular complexity index is 479. The van der Waals surface area contributed by atoms with Crippen LogP contribution in [-0.2, 0) is 11.8 Å². The first kappa shape index (κ1) is 13.3. The van der Waals surface area contributed by atoms with E-state index in [-0.39, 0.29) is 11.0 Å². The van der Waals surface area contributed by atoms with Gasteiger partial charge in [0.15, 0.2) is 0 Å². The number of benzene rings is 1. The number of hydrogen-bond donors (Lipinski definition) is 1. The van der Waals surface area contributed by atoms with Gasteiger partial charge in [0.25, 0.3) is 0 Å². The van der Waals surface area contributed by atoms with Gasteiger partial charge in [-0.1, -0.05) is 20.8 Å². The molecule has 2 nitrogen and oxygen atoms in total. The van der Waals surface area contributed by atoms with Gasteiger partial charge in [-0.25, -0.2) is 0 Å². The molecule has 0 saturated carbocycles. The Morgan fingerprint density at radius 3 is 2.44 bits per heavy atom. The van der Waals surface area contributed by atoms with E-state index < -0.39 is 0 Å². The summed E-state index contributed by atoms with van der Waals surface area (Å²) in [7, 11) is 0. The molecule has 1 aliphatic rings. The lowest BCUT2D eigenvalue weighted by Crippen LogP contribution is -2.34. The van der Waals surface area contributed by atoms with Crippen LogP contribution in [0.2, 0.25) is 0 Å². The molecule has 2 heteroatoms. The fourth-order valence-electron chi connectivity index (χ4n) is 2.74. The van der Waals surface area contributed by atoms with Crippen molar-refractivity contribution in [3.63, 3.8) is 0 Å². The minimum Gasteiger partial charge on any atom is -0.507 e. The van der Waals surface area contributed by atoms with Crippen molar-refractivity contribution < 1.29 is 9.84 Å². The second-order valence-electron chi connectivity index (χ2n) is 7.01. The van der Waals surface area contributed by atoms with Crippen molar-refractivity contribution in [2.45, 2.75) is 65.4 Å². The van der Waals surface area contributed by atoms with E-state index in [1.807, 2.05) is 13.0 Å². The highest BCUT2D eigenvalue weighted by atomic mass is 16.5. The zero-order valence-electron chi connectivity index (χ0n) is 12.3. The summed E-state index contributed by atoms with van der Waals surface area (Å²) in [4.78, 5) is 0. The molecule has 0 aliphatic carbocycles. The molecular formula is C16H24O2. The molecular weight excluding hydrogens is 224 g/mol. The van der Waals surface area contributed by atoms with Gasteiger partial charge < -0.3 is 9.84 Å². The van der Waals surface area contributed by atoms with E-state index in [4.69, 9.17) is 4.74 Å². The minimum absolute atomic E-state index is 0.0645. The third-order valence-corrected chi connectivity index (χ3v) is 3.67. The summed E-state index contributed by atoms with van der Waals surface area (Å²) in [6.07, 6.45) is 1.97. The second-order valence-corrected chi connectivity index (χ2v) is 7.01. The van der Waals surface area contributed by atoms with Gasteiger partial charge in [0.05, 0.1) is 0 Å². The lowest BCUT2D eigenvalue weighted by atomic mass is 9.78. The highest BCUT2D eigenvalue weighted by Gasteiger charge is 2.33. The molecule has 0 fully saturated rings. The van der Waals surface area contributed by atoms with Gasteiger partial charge >= 0.3 is 0 Å². The monoisotopic (exact) mass is 248 g/mol. The van der Waals surface area contributed by atoms with Gasteiger partial charge in [-0.3, -0.25) is 0 Å². The van der Waals surface area contributed by atoms with Crippen molar-refractivity contribution >= 4 is 0 Å². The summed E-state index contributed by atoms with van der Waals surface area (Å²) in [6, 6.07) is 1.97. The van der Waals surface area contributed by atoms with Crippen molar-refractivity contribution in [3.8, 4) is 11.5 Å². The number of phenolic OH excluding ortho intramolecular Hbond substituents is 1. The van der Waals surface area contributed by atoms with Crippen molar-refractivity contribution in [2.75, 3.05) is 0 Å². The molecule has 100 valence electrons. The lowest BCUT2D eigenvalue weighted by molar-refractivity contribution is 0.0836. The summed E-state index contributed by atoms with van der Waals surface area (Å²) in [5.41, 5.74) is 2.96. The molecule has 0 radical (unpaired) electrons. The van der Waals surface area contributed by atoms with E-state index in [1.165, 1.54) is 5.56 Å². The van der Waals surface area contributed by atoms with E-state index in [2.05, 4.69) is 34.6 Å². The molecule has 0 saturated heterocycles. The molecule has 0 atom stereocenters. The second kappa shape index (κ2) is 3.91. The van der Waals surface area contributed by atoms with Crippen molar-refractivity contribution in [1.29, 1.82) is 0 Å². The van der Waals surface area contributed by atoms with Crippen LogP contribution < -0.4 is 4.74 Å². The van der Waals surface area contributed by atoms with Gasteiger partial charge in [0.1, 0.15) is 17.1 Å². The summed E-state index contributed by atoms with van der Waals surface area (Å²) in [5, 5.41) is 10.4. The fourth-order valence-corrected chi connectivity index (χ4v) is 2.74. The Labute approximate surface area is 110 Å². The average Bonchev–Trinajstić information content (AvgIpc) is 2.17. The standard InChI is InChI=1S/C16H24O2/c1-10-9-12-11(7-8-16(5,6)18-12)13(14(10)17)15(2,3)4/h9,17H,7-8H2,1-6H3. The Kier molecular flexibility index (Phi) is 2.88. The summed E-state index contributed by atoms with van der Waals surface area (Å²) < 4.78 is 6.08. The van der Waals surface area contributed by atoms with Crippen LogP contribution in [0.3, 0.4) is 0 Å². The van der Waals surface area contributed by atoms with Crippen molar-refractivity contribution in [3.05, 3.63) is 22.8 Å². The number of aryl methyl sites for hydroxylation is 1. The molecule has 18 heavy (non-hydrogen) atoms. The van der Waals surface area contributed by atoms with Crippen LogP contribution >= 0.6 is 0 Å². The lowest BCUT2D eigenvalue weighted by Gasteiger charge is -2.36. The quantitative estimate of drug-likeness (QED) is 0.749. The number of hydrogen-bond acceptors (Lipinski definition) is 2. The number of fused-ring (bicyclic) bond motifs is 1. The predicted molar refractivity (Wildman–Crippen MR) is 74.6 cm³/mol. The third-order valence-electron chi connectivity index (χ3n) is 3.67. The molecule has 1 aromatic rings. The number of phenols is 1. The van der Waals surface area contributed by atoms with E-state index in [0.29, 0.717) is 5.75 Å². The van der Waals surface area contributed by atoms with Crippen LogP contribution in [-0.4, -0.2) is 10.7 Å². The Morgan fingerprint density at radius 2 is 1.89 bits per heavy atom. The largest absolute Gasteiger partial charge is 0.507 e. The van der Waals surface area contributed by atoms with Crippen LogP contribution in [0.4, 0.5) is 0 Å². The van der Waals surface area contributed by atoms with Crippen molar-refractivity contribution in [2.24, 2.45) is 0 Å². The van der Waals surface area contributed by atoms with Crippen molar-refractivity contribution in [1.82, 2.24) is 0 Å². The first-order chi connectivity index (χ1) is 8.12. The third kappa shape index (κ3) is 2.21. The molecule has 0 spiro atoms. The van der Waals surface area contributed by atoms with E-state index in [9.17, 15) is 5.11 Å². The highest BCUT2D eigenvalue weighted by Crippen LogP contribution is 2.45. The predicted octanol–water partition coefficient (Wildman–Crippen LogP) is 4.10. The molecule has 2 rings (SSSR count). The smallest absolute Gasteiger partial charge is 0.124 e. The maximum atomic E-state index is 10.4. The van der Waals surface area contributed by atoms with E-state index in [1.54, 1.807) is 0 Å². The molecule has 0 bridgehead atoms. The van der Waals surface area contributed by atoms with Gasteiger partial charge in [-0.15, -0.1) is 0 Å². The van der Waals surface area contributed by atoms with Crippen LogP contribution in [0, 0.1) is 6.92 Å². The van der Waals surface area contributed by atoms with Crippen LogP contribution in [0.15, 0.2) is 6.07 Å².